The van der Waals surface area contributed by atoms with Gasteiger partial charge < -0.3 is 4.84 Å². The minimum absolute atomic E-state index is 0.435. The molecule has 0 atom stereocenters. The van der Waals surface area contributed by atoms with Crippen molar-refractivity contribution in [1.82, 2.24) is 0 Å². The number of oxime groups is 1. The van der Waals surface area contributed by atoms with Gasteiger partial charge in [-0.3, -0.25) is 0 Å². The van der Waals surface area contributed by atoms with Crippen LogP contribution >= 0.6 is 0 Å². The second kappa shape index (κ2) is 5.70. The molecule has 1 aromatic rings. The zero-order valence-corrected chi connectivity index (χ0v) is 9.71. The van der Waals surface area contributed by atoms with Crippen molar-refractivity contribution in [2.45, 2.75) is 26.4 Å². The summed E-state index contributed by atoms with van der Waals surface area (Å²) < 4.78 is 37.1. The van der Waals surface area contributed by atoms with E-state index in [9.17, 15) is 13.2 Å². The Bertz CT molecular complexity index is 382. The molecule has 2 nitrogen and oxygen atoms in total. The highest BCUT2D eigenvalue weighted by Gasteiger charge is 2.30. The minimum Gasteiger partial charge on any atom is -0.396 e. The van der Waals surface area contributed by atoms with E-state index >= 15 is 0 Å². The Morgan fingerprint density at radius 1 is 1.18 bits per heavy atom. The highest BCUT2D eigenvalue weighted by Crippen LogP contribution is 2.29. The Morgan fingerprint density at radius 3 is 2.18 bits per heavy atom. The molecule has 0 saturated heterocycles. The lowest BCUT2D eigenvalue weighted by Gasteiger charge is -2.08. The monoisotopic (exact) mass is 245 g/mol. The Kier molecular flexibility index (Phi) is 4.54. The summed E-state index contributed by atoms with van der Waals surface area (Å²) >= 11 is 0. The molecule has 0 N–H and O–H groups in total. The lowest BCUT2D eigenvalue weighted by molar-refractivity contribution is -0.137. The molecule has 0 amide bonds. The fourth-order valence-corrected chi connectivity index (χ4v) is 1.32. The Hall–Kier alpha value is -1.52. The van der Waals surface area contributed by atoms with Gasteiger partial charge in [0.05, 0.1) is 11.3 Å². The summed E-state index contributed by atoms with van der Waals surface area (Å²) in [5.41, 5.74) is 0.627. The van der Waals surface area contributed by atoms with Crippen molar-refractivity contribution in [3.63, 3.8) is 0 Å². The normalized spacial score (nSPS) is 12.6. The molecular weight excluding hydrogens is 231 g/mol. The van der Waals surface area contributed by atoms with E-state index in [1.807, 2.05) is 6.92 Å². The van der Waals surface area contributed by atoms with Crippen LogP contribution < -0.4 is 0 Å². The third-order valence-corrected chi connectivity index (χ3v) is 2.18. The third kappa shape index (κ3) is 3.76. The van der Waals surface area contributed by atoms with Crippen molar-refractivity contribution >= 4 is 5.71 Å². The first-order chi connectivity index (χ1) is 7.99. The maximum Gasteiger partial charge on any atom is 0.416 e. The number of halogens is 3. The second-order valence-electron chi connectivity index (χ2n) is 3.38. The van der Waals surface area contributed by atoms with Gasteiger partial charge in [-0.25, -0.2) is 0 Å². The molecular formula is C12H14F3NO. The van der Waals surface area contributed by atoms with Crippen LogP contribution in [0.4, 0.5) is 13.2 Å². The fraction of sp³-hybridized carbons (Fsp3) is 0.417. The van der Waals surface area contributed by atoms with Crippen LogP contribution in [0, 0.1) is 0 Å². The summed E-state index contributed by atoms with van der Waals surface area (Å²) in [5, 5.41) is 3.86. The van der Waals surface area contributed by atoms with E-state index in [1.165, 1.54) is 12.1 Å². The van der Waals surface area contributed by atoms with Crippen molar-refractivity contribution in [3.8, 4) is 0 Å². The number of hydrogen-bond acceptors (Lipinski definition) is 2. The first-order valence-corrected chi connectivity index (χ1v) is 5.35. The SMILES string of the molecule is CCO/N=C(/CC)c1ccc(C(F)(F)F)cc1. The quantitative estimate of drug-likeness (QED) is 0.583. The van der Waals surface area contributed by atoms with Gasteiger partial charge in [0.25, 0.3) is 0 Å². The summed E-state index contributed by atoms with van der Waals surface area (Å²) in [4.78, 5) is 4.90. The smallest absolute Gasteiger partial charge is 0.396 e. The lowest BCUT2D eigenvalue weighted by Crippen LogP contribution is -2.06. The standard InChI is InChI=1S/C12H14F3NO/c1-3-11(16-17-4-2)9-5-7-10(8-6-9)12(13,14)15/h5-8H,3-4H2,1-2H3/b16-11-. The second-order valence-corrected chi connectivity index (χ2v) is 3.38. The average molecular weight is 245 g/mol. The largest absolute Gasteiger partial charge is 0.416 e. The van der Waals surface area contributed by atoms with Crippen molar-refractivity contribution < 1.29 is 18.0 Å². The van der Waals surface area contributed by atoms with Gasteiger partial charge in [-0.2, -0.15) is 13.2 Å². The number of rotatable bonds is 4. The highest BCUT2D eigenvalue weighted by atomic mass is 19.4. The summed E-state index contributed by atoms with van der Waals surface area (Å²) in [6.07, 6.45) is -3.70. The molecule has 17 heavy (non-hydrogen) atoms. The zero-order chi connectivity index (χ0) is 12.9. The maximum absolute atomic E-state index is 12.4. The van der Waals surface area contributed by atoms with Gasteiger partial charge in [-0.15, -0.1) is 0 Å². The van der Waals surface area contributed by atoms with Crippen LogP contribution in [-0.2, 0) is 11.0 Å². The number of hydrogen-bond donors (Lipinski definition) is 0. The Morgan fingerprint density at radius 2 is 1.76 bits per heavy atom. The van der Waals surface area contributed by atoms with Crippen molar-refractivity contribution in [3.05, 3.63) is 35.4 Å². The first-order valence-electron chi connectivity index (χ1n) is 5.35. The van der Waals surface area contributed by atoms with Crippen LogP contribution in [0.25, 0.3) is 0 Å². The lowest BCUT2D eigenvalue weighted by atomic mass is 10.1. The first kappa shape index (κ1) is 13.5. The molecule has 0 aliphatic heterocycles. The van der Waals surface area contributed by atoms with Gasteiger partial charge in [0, 0.05) is 0 Å². The van der Waals surface area contributed by atoms with Gasteiger partial charge >= 0.3 is 6.18 Å². The maximum atomic E-state index is 12.4. The molecule has 0 fully saturated rings. The molecule has 1 rings (SSSR count). The number of benzene rings is 1. The molecule has 1 aromatic carbocycles. The molecule has 0 radical (unpaired) electrons. The van der Waals surface area contributed by atoms with E-state index in [0.29, 0.717) is 24.3 Å². The molecule has 0 aliphatic rings. The zero-order valence-electron chi connectivity index (χ0n) is 9.71. The molecule has 0 saturated carbocycles. The summed E-state index contributed by atoms with van der Waals surface area (Å²) in [6.45, 7) is 4.10. The summed E-state index contributed by atoms with van der Waals surface area (Å²) in [6, 6.07) is 4.91. The van der Waals surface area contributed by atoms with Crippen LogP contribution in [0.15, 0.2) is 29.4 Å². The molecule has 94 valence electrons. The number of nitrogens with zero attached hydrogens (tertiary/aromatic N) is 1. The average Bonchev–Trinajstić information content (AvgIpc) is 2.29. The van der Waals surface area contributed by atoms with Crippen LogP contribution in [0.5, 0.6) is 0 Å². The molecule has 5 heteroatoms. The predicted molar refractivity (Wildman–Crippen MR) is 59.9 cm³/mol. The van der Waals surface area contributed by atoms with Gasteiger partial charge in [-0.1, -0.05) is 24.2 Å². The van der Waals surface area contributed by atoms with Crippen LogP contribution in [0.2, 0.25) is 0 Å². The summed E-state index contributed by atoms with van der Waals surface area (Å²) in [5.74, 6) is 0. The minimum atomic E-state index is -4.30. The Balaban J connectivity index is 2.93. The van der Waals surface area contributed by atoms with Gasteiger partial charge in [-0.05, 0) is 31.0 Å². The van der Waals surface area contributed by atoms with Crippen molar-refractivity contribution in [1.29, 1.82) is 0 Å². The molecule has 0 aliphatic carbocycles. The van der Waals surface area contributed by atoms with E-state index in [0.717, 1.165) is 12.1 Å². The van der Waals surface area contributed by atoms with E-state index in [1.54, 1.807) is 6.92 Å². The van der Waals surface area contributed by atoms with E-state index < -0.39 is 11.7 Å². The van der Waals surface area contributed by atoms with Crippen molar-refractivity contribution in [2.75, 3.05) is 6.61 Å². The third-order valence-electron chi connectivity index (χ3n) is 2.18. The van der Waals surface area contributed by atoms with Gasteiger partial charge in [0.2, 0.25) is 0 Å². The molecule has 0 unspecified atom stereocenters. The summed E-state index contributed by atoms with van der Waals surface area (Å²) in [7, 11) is 0. The number of alkyl halides is 3. The van der Waals surface area contributed by atoms with E-state index in [4.69, 9.17) is 4.84 Å². The van der Waals surface area contributed by atoms with Crippen molar-refractivity contribution in [2.24, 2.45) is 5.16 Å². The molecule has 0 heterocycles. The molecule has 0 aromatic heterocycles. The Labute approximate surface area is 98.1 Å². The van der Waals surface area contributed by atoms with E-state index in [2.05, 4.69) is 5.16 Å². The van der Waals surface area contributed by atoms with Gasteiger partial charge in [0.1, 0.15) is 6.61 Å². The predicted octanol–water partition coefficient (Wildman–Crippen LogP) is 3.86. The van der Waals surface area contributed by atoms with Crippen LogP contribution in [-0.4, -0.2) is 12.3 Å². The fourth-order valence-electron chi connectivity index (χ4n) is 1.32. The van der Waals surface area contributed by atoms with Crippen LogP contribution in [0.1, 0.15) is 31.4 Å². The molecule has 0 spiro atoms. The molecule has 0 bridgehead atoms. The highest BCUT2D eigenvalue weighted by molar-refractivity contribution is 6.00. The van der Waals surface area contributed by atoms with Crippen LogP contribution in [0.3, 0.4) is 0 Å². The topological polar surface area (TPSA) is 21.6 Å². The van der Waals surface area contributed by atoms with Gasteiger partial charge in [0.15, 0.2) is 0 Å². The van der Waals surface area contributed by atoms with E-state index in [-0.39, 0.29) is 0 Å².